The van der Waals surface area contributed by atoms with Crippen molar-refractivity contribution in [3.63, 3.8) is 0 Å². The fourth-order valence-corrected chi connectivity index (χ4v) is 7.34. The van der Waals surface area contributed by atoms with Crippen LogP contribution in [0.5, 0.6) is 0 Å². The van der Waals surface area contributed by atoms with Crippen LogP contribution in [0.2, 0.25) is 5.02 Å². The Morgan fingerprint density at radius 3 is 2.58 bits per heavy atom. The number of fused-ring (bicyclic) bond motifs is 1. The van der Waals surface area contributed by atoms with Crippen LogP contribution in [0.1, 0.15) is 55.5 Å². The number of esters is 1. The van der Waals surface area contributed by atoms with Gasteiger partial charge in [0.1, 0.15) is 22.0 Å². The molecule has 9 heteroatoms. The van der Waals surface area contributed by atoms with Gasteiger partial charge in [0.25, 0.3) is 0 Å². The second-order valence-corrected chi connectivity index (χ2v) is 12.4. The van der Waals surface area contributed by atoms with Gasteiger partial charge in [-0.1, -0.05) is 53.9 Å². The highest BCUT2D eigenvalue weighted by Gasteiger charge is 2.48. The molecule has 1 atom stereocenters. The third-order valence-electron chi connectivity index (χ3n) is 8.42. The monoisotopic (exact) mass is 577 g/mol. The fraction of sp³-hybridized carbons (Fsp3) is 0.387. The molecule has 1 unspecified atom stereocenters. The molecular weight excluding hydrogens is 546 g/mol. The molecule has 2 aliphatic rings. The summed E-state index contributed by atoms with van der Waals surface area (Å²) in [5, 5.41) is 16.5. The van der Waals surface area contributed by atoms with Crippen molar-refractivity contribution in [1.82, 2.24) is 14.7 Å². The standard InChI is InChI=1S/C31H32ClN3O4S/c1-18-27(19(2)39-34-18)21-10-8-20(9-11-21)14-15-31(22-6-4-5-7-22)17-26(36)28(29(37)38-31)40-30-33-24-16-23(32)12-13-25(24)35(30)3/h8-13,16,22,36H,4-7,14-15,17H2,1-3H3. The number of thioether (sulfide) groups is 1. The van der Waals surface area contributed by atoms with E-state index in [4.69, 9.17) is 20.9 Å². The van der Waals surface area contributed by atoms with Crippen molar-refractivity contribution in [3.8, 4) is 11.1 Å². The molecule has 2 aromatic carbocycles. The first-order valence-electron chi connectivity index (χ1n) is 13.7. The Hall–Kier alpha value is -3.23. The van der Waals surface area contributed by atoms with Crippen LogP contribution in [0.15, 0.2) is 62.8 Å². The summed E-state index contributed by atoms with van der Waals surface area (Å²) in [7, 11) is 1.89. The van der Waals surface area contributed by atoms with Crippen molar-refractivity contribution in [2.45, 2.75) is 69.6 Å². The highest BCUT2D eigenvalue weighted by atomic mass is 35.5. The summed E-state index contributed by atoms with van der Waals surface area (Å²) in [6, 6.07) is 13.9. The van der Waals surface area contributed by atoms with E-state index in [1.165, 1.54) is 0 Å². The Morgan fingerprint density at radius 2 is 1.90 bits per heavy atom. The average Bonchev–Trinajstić information content (AvgIpc) is 3.66. The van der Waals surface area contributed by atoms with E-state index in [2.05, 4.69) is 34.4 Å². The summed E-state index contributed by atoms with van der Waals surface area (Å²) in [5.74, 6) is 0.647. The van der Waals surface area contributed by atoms with Crippen LogP contribution in [0, 0.1) is 19.8 Å². The lowest BCUT2D eigenvalue weighted by atomic mass is 9.77. The van der Waals surface area contributed by atoms with Gasteiger partial charge in [-0.25, -0.2) is 9.78 Å². The van der Waals surface area contributed by atoms with Crippen LogP contribution in [-0.2, 0) is 23.0 Å². The van der Waals surface area contributed by atoms with Gasteiger partial charge in [-0.3, -0.25) is 0 Å². The highest BCUT2D eigenvalue weighted by molar-refractivity contribution is 8.03. The Morgan fingerprint density at radius 1 is 1.15 bits per heavy atom. The minimum atomic E-state index is -0.720. The lowest BCUT2D eigenvalue weighted by molar-refractivity contribution is -0.166. The number of halogens is 1. The maximum Gasteiger partial charge on any atom is 0.349 e. The molecule has 0 radical (unpaired) electrons. The van der Waals surface area contributed by atoms with Crippen molar-refractivity contribution in [1.29, 1.82) is 0 Å². The van der Waals surface area contributed by atoms with Crippen LogP contribution in [0.4, 0.5) is 0 Å². The number of nitrogens with zero attached hydrogens (tertiary/aromatic N) is 3. The zero-order valence-electron chi connectivity index (χ0n) is 22.9. The van der Waals surface area contributed by atoms with Gasteiger partial charge >= 0.3 is 5.97 Å². The van der Waals surface area contributed by atoms with Crippen LogP contribution in [-0.4, -0.2) is 31.4 Å². The van der Waals surface area contributed by atoms with Gasteiger partial charge in [0.15, 0.2) is 5.16 Å². The molecule has 0 spiro atoms. The molecule has 0 bridgehead atoms. The SMILES string of the molecule is Cc1noc(C)c1-c1ccc(CCC2(C3CCCC3)CC(O)=C(Sc3nc4cc(Cl)ccc4n3C)C(=O)O2)cc1. The lowest BCUT2D eigenvalue weighted by Gasteiger charge is -2.41. The third kappa shape index (κ3) is 4.92. The molecule has 1 aliphatic heterocycles. The fourth-order valence-electron chi connectivity index (χ4n) is 6.29. The lowest BCUT2D eigenvalue weighted by Crippen LogP contribution is -2.45. The second-order valence-electron chi connectivity index (χ2n) is 11.0. The summed E-state index contributed by atoms with van der Waals surface area (Å²) in [6.45, 7) is 3.87. The van der Waals surface area contributed by atoms with Gasteiger partial charge < -0.3 is 18.9 Å². The Bertz CT molecular complexity index is 1600. The smallest absolute Gasteiger partial charge is 0.349 e. The van der Waals surface area contributed by atoms with E-state index < -0.39 is 11.6 Å². The topological polar surface area (TPSA) is 90.4 Å². The van der Waals surface area contributed by atoms with E-state index in [1.807, 2.05) is 37.6 Å². The molecule has 208 valence electrons. The molecule has 0 amide bonds. The molecule has 1 N–H and O–H groups in total. The number of carbonyl (C=O) groups is 1. The number of hydrogen-bond donors (Lipinski definition) is 1. The van der Waals surface area contributed by atoms with Crippen molar-refractivity contribution in [2.75, 3.05) is 0 Å². The summed E-state index contributed by atoms with van der Waals surface area (Å²) in [5.41, 5.74) is 5.05. The largest absolute Gasteiger partial charge is 0.511 e. The van der Waals surface area contributed by atoms with Crippen molar-refractivity contribution in [2.24, 2.45) is 13.0 Å². The molecule has 0 saturated heterocycles. The van der Waals surface area contributed by atoms with E-state index in [-0.39, 0.29) is 16.6 Å². The molecule has 1 aliphatic carbocycles. The first kappa shape index (κ1) is 27.0. The Kier molecular flexibility index (Phi) is 7.17. The van der Waals surface area contributed by atoms with Crippen LogP contribution < -0.4 is 0 Å². The predicted molar refractivity (Wildman–Crippen MR) is 156 cm³/mol. The Balaban J connectivity index is 1.24. The van der Waals surface area contributed by atoms with Gasteiger partial charge in [0.2, 0.25) is 0 Å². The first-order valence-corrected chi connectivity index (χ1v) is 14.9. The Labute approximate surface area is 242 Å². The first-order chi connectivity index (χ1) is 19.2. The van der Waals surface area contributed by atoms with Gasteiger partial charge in [-0.2, -0.15) is 0 Å². The number of aryl methyl sites for hydroxylation is 4. The normalized spacial score (nSPS) is 20.1. The minimum absolute atomic E-state index is 0.0898. The van der Waals surface area contributed by atoms with Gasteiger partial charge in [0.05, 0.1) is 16.7 Å². The number of carbonyl (C=O) groups excluding carboxylic acids is 1. The van der Waals surface area contributed by atoms with E-state index >= 15 is 0 Å². The highest BCUT2D eigenvalue weighted by Crippen LogP contribution is 2.48. The predicted octanol–water partition coefficient (Wildman–Crippen LogP) is 7.87. The van der Waals surface area contributed by atoms with E-state index in [1.54, 1.807) is 6.07 Å². The zero-order chi connectivity index (χ0) is 28.0. The van der Waals surface area contributed by atoms with Crippen LogP contribution in [0.3, 0.4) is 0 Å². The average molecular weight is 578 g/mol. The third-order valence-corrected chi connectivity index (χ3v) is 9.81. The van der Waals surface area contributed by atoms with E-state index in [0.29, 0.717) is 23.0 Å². The number of aliphatic hydroxyl groups is 1. The molecule has 2 aromatic heterocycles. The van der Waals surface area contributed by atoms with Gasteiger partial charge in [-0.15, -0.1) is 0 Å². The number of imidazole rings is 1. The molecule has 6 rings (SSSR count). The number of rotatable bonds is 7. The number of hydrogen-bond acceptors (Lipinski definition) is 7. The molecule has 1 fully saturated rings. The molecule has 7 nitrogen and oxygen atoms in total. The van der Waals surface area contributed by atoms with Crippen molar-refractivity contribution in [3.05, 3.63) is 75.2 Å². The van der Waals surface area contributed by atoms with E-state index in [9.17, 15) is 9.90 Å². The minimum Gasteiger partial charge on any atom is -0.511 e. The maximum atomic E-state index is 13.5. The molecule has 1 saturated carbocycles. The van der Waals surface area contributed by atoms with Crippen LogP contribution >= 0.6 is 23.4 Å². The molecule has 3 heterocycles. The van der Waals surface area contributed by atoms with Gasteiger partial charge in [-0.05, 0) is 86.5 Å². The van der Waals surface area contributed by atoms with E-state index in [0.717, 1.165) is 83.0 Å². The number of cyclic esters (lactones) is 1. The summed E-state index contributed by atoms with van der Waals surface area (Å²) in [4.78, 5) is 18.3. The number of aromatic nitrogens is 3. The maximum absolute atomic E-state index is 13.5. The summed E-state index contributed by atoms with van der Waals surface area (Å²) < 4.78 is 13.6. The molecule has 4 aromatic rings. The van der Waals surface area contributed by atoms with Crippen molar-refractivity contribution >= 4 is 40.4 Å². The number of ether oxygens (including phenoxy) is 1. The second kappa shape index (κ2) is 10.6. The molecular formula is C31H32ClN3O4S. The number of benzene rings is 2. The quantitative estimate of drug-likeness (QED) is 0.223. The zero-order valence-corrected chi connectivity index (χ0v) is 24.4. The summed E-state index contributed by atoms with van der Waals surface area (Å²) in [6.07, 6.45) is 5.95. The summed E-state index contributed by atoms with van der Waals surface area (Å²) >= 11 is 7.29. The number of aliphatic hydroxyl groups excluding tert-OH is 1. The molecule has 40 heavy (non-hydrogen) atoms. The van der Waals surface area contributed by atoms with Crippen LogP contribution in [0.25, 0.3) is 22.2 Å². The van der Waals surface area contributed by atoms with Gasteiger partial charge in [0, 0.05) is 24.1 Å². The van der Waals surface area contributed by atoms with Crippen molar-refractivity contribution < 1.29 is 19.2 Å².